The molecule has 1 aliphatic carbocycles. The Hall–Kier alpha value is -2.46. The van der Waals surface area contributed by atoms with Gasteiger partial charge in [-0.05, 0) is 18.8 Å². The number of amides is 2. The van der Waals surface area contributed by atoms with Gasteiger partial charge in [-0.15, -0.1) is 0 Å². The van der Waals surface area contributed by atoms with Gasteiger partial charge in [0.25, 0.3) is 11.8 Å². The molecule has 2 heterocycles. The molecule has 3 rings (SSSR count). The van der Waals surface area contributed by atoms with Crippen LogP contribution in [0.4, 0.5) is 22.0 Å². The molecule has 2 amide bonds. The van der Waals surface area contributed by atoms with Crippen molar-refractivity contribution in [2.45, 2.75) is 43.3 Å². The third kappa shape index (κ3) is 4.45. The van der Waals surface area contributed by atoms with Gasteiger partial charge in [0.2, 0.25) is 5.91 Å². The number of ether oxygens (including phenoxy) is 1. The van der Waals surface area contributed by atoms with Gasteiger partial charge in [-0.2, -0.15) is 13.2 Å². The molecule has 2 fully saturated rings. The largest absolute Gasteiger partial charge is 0.484 e. The summed E-state index contributed by atoms with van der Waals surface area (Å²) in [4.78, 5) is 28.4. The molecule has 2 aliphatic rings. The van der Waals surface area contributed by atoms with E-state index in [4.69, 9.17) is 10.5 Å². The minimum atomic E-state index is -4.58. The molecule has 1 aromatic heterocycles. The first kappa shape index (κ1) is 19.3. The summed E-state index contributed by atoms with van der Waals surface area (Å²) in [6, 6.07) is -0.520. The van der Waals surface area contributed by atoms with Crippen molar-refractivity contribution >= 4 is 11.8 Å². The lowest BCUT2D eigenvalue weighted by Gasteiger charge is -2.21. The topological polar surface area (TPSA) is 85.5 Å². The Labute approximate surface area is 150 Å². The summed E-state index contributed by atoms with van der Waals surface area (Å²) < 4.78 is 69.4. The monoisotopic (exact) mass is 393 g/mol. The Morgan fingerprint density at radius 2 is 2.00 bits per heavy atom. The lowest BCUT2D eigenvalue weighted by molar-refractivity contribution is -0.153. The van der Waals surface area contributed by atoms with Gasteiger partial charge in [-0.1, -0.05) is 0 Å². The number of pyridine rings is 1. The fraction of sp³-hybridized carbons (Fsp3) is 0.562. The van der Waals surface area contributed by atoms with Crippen molar-refractivity contribution in [3.05, 3.63) is 23.5 Å². The maximum Gasteiger partial charge on any atom is 0.422 e. The van der Waals surface area contributed by atoms with Crippen LogP contribution in [0.3, 0.4) is 0 Å². The van der Waals surface area contributed by atoms with Gasteiger partial charge in [-0.3, -0.25) is 14.6 Å². The van der Waals surface area contributed by atoms with Crippen LogP contribution < -0.4 is 10.5 Å². The van der Waals surface area contributed by atoms with Gasteiger partial charge in [0.05, 0.1) is 6.54 Å². The van der Waals surface area contributed by atoms with Gasteiger partial charge < -0.3 is 15.4 Å². The Morgan fingerprint density at radius 1 is 1.33 bits per heavy atom. The van der Waals surface area contributed by atoms with Crippen molar-refractivity contribution in [1.29, 1.82) is 0 Å². The van der Waals surface area contributed by atoms with E-state index in [1.54, 1.807) is 0 Å². The van der Waals surface area contributed by atoms with E-state index in [0.717, 1.165) is 18.9 Å². The number of halogens is 5. The molecule has 1 saturated carbocycles. The van der Waals surface area contributed by atoms with Crippen molar-refractivity contribution in [3.63, 3.8) is 0 Å². The Balaban J connectivity index is 1.87. The van der Waals surface area contributed by atoms with E-state index in [9.17, 15) is 31.5 Å². The van der Waals surface area contributed by atoms with E-state index in [0.29, 0.717) is 10.5 Å². The fourth-order valence-electron chi connectivity index (χ4n) is 2.98. The van der Waals surface area contributed by atoms with Gasteiger partial charge in [0.15, 0.2) is 6.61 Å². The van der Waals surface area contributed by atoms with Crippen LogP contribution in [0.1, 0.15) is 41.2 Å². The van der Waals surface area contributed by atoms with Crippen LogP contribution >= 0.6 is 0 Å². The van der Waals surface area contributed by atoms with E-state index in [1.807, 2.05) is 0 Å². The third-order valence-corrected chi connectivity index (χ3v) is 4.38. The fourth-order valence-corrected chi connectivity index (χ4v) is 2.98. The summed E-state index contributed by atoms with van der Waals surface area (Å²) in [6.45, 7) is -2.58. The van der Waals surface area contributed by atoms with E-state index in [-0.39, 0.29) is 17.4 Å². The Kier molecular flexibility index (Phi) is 4.73. The predicted molar refractivity (Wildman–Crippen MR) is 81.3 cm³/mol. The minimum Gasteiger partial charge on any atom is -0.484 e. The summed E-state index contributed by atoms with van der Waals surface area (Å²) in [5.41, 5.74) is 5.12. The molecule has 0 bridgehead atoms. The molecule has 1 atom stereocenters. The second-order valence-corrected chi connectivity index (χ2v) is 6.70. The zero-order valence-corrected chi connectivity index (χ0v) is 13.9. The van der Waals surface area contributed by atoms with E-state index in [1.165, 1.54) is 6.20 Å². The Bertz CT molecular complexity index is 764. The second kappa shape index (κ2) is 6.61. The molecule has 0 radical (unpaired) electrons. The second-order valence-electron chi connectivity index (χ2n) is 6.70. The molecule has 0 unspecified atom stereocenters. The number of nitrogens with two attached hydrogens (primary N) is 1. The normalized spacial score (nSPS) is 22.0. The molecular formula is C16H16F5N3O3. The predicted octanol–water partition coefficient (Wildman–Crippen LogP) is 2.24. The van der Waals surface area contributed by atoms with Crippen molar-refractivity contribution in [1.82, 2.24) is 9.88 Å². The molecular weight excluding hydrogens is 377 g/mol. The highest BCUT2D eigenvalue weighted by molar-refractivity contribution is 5.96. The average Bonchev–Trinajstić information content (AvgIpc) is 3.34. The molecule has 27 heavy (non-hydrogen) atoms. The SMILES string of the molecule is NC(=O)[C@H]1CC(F)(F)CN1C(=O)c1cc(OCC(F)(F)F)c(C2CC2)cn1. The zero-order chi connectivity index (χ0) is 20.0. The number of likely N-dealkylation sites (tertiary alicyclic amines) is 1. The number of carbonyl (C=O) groups excluding carboxylic acids is 2. The highest BCUT2D eigenvalue weighted by atomic mass is 19.4. The molecule has 2 N–H and O–H groups in total. The van der Waals surface area contributed by atoms with Gasteiger partial charge in [-0.25, -0.2) is 8.78 Å². The number of aromatic nitrogens is 1. The number of rotatable bonds is 5. The molecule has 0 aromatic carbocycles. The number of carbonyl (C=O) groups is 2. The standard InChI is InChI=1S/C16H16F5N3O3/c17-15(18)4-11(13(22)25)24(6-15)14(26)10-3-12(27-7-16(19,20)21)9(5-23-10)8-1-2-8/h3,5,8,11H,1-2,4,6-7H2,(H2,22,25)/t11-/m1/s1. The lowest BCUT2D eigenvalue weighted by Crippen LogP contribution is -2.44. The quantitative estimate of drug-likeness (QED) is 0.778. The van der Waals surface area contributed by atoms with Gasteiger partial charge >= 0.3 is 6.18 Å². The van der Waals surface area contributed by atoms with Crippen LogP contribution in [0.15, 0.2) is 12.3 Å². The van der Waals surface area contributed by atoms with Crippen LogP contribution in [0.25, 0.3) is 0 Å². The van der Waals surface area contributed by atoms with Gasteiger partial charge in [0, 0.05) is 24.2 Å². The molecule has 1 saturated heterocycles. The van der Waals surface area contributed by atoms with Crippen LogP contribution in [-0.4, -0.2) is 53.0 Å². The minimum absolute atomic E-state index is 0.0145. The van der Waals surface area contributed by atoms with Crippen LogP contribution in [-0.2, 0) is 4.79 Å². The maximum absolute atomic E-state index is 13.6. The van der Waals surface area contributed by atoms with Crippen molar-refractivity contribution in [3.8, 4) is 5.75 Å². The van der Waals surface area contributed by atoms with Crippen LogP contribution in [0.5, 0.6) is 5.75 Å². The lowest BCUT2D eigenvalue weighted by atomic mass is 10.1. The number of alkyl halides is 5. The molecule has 0 spiro atoms. The Morgan fingerprint density at radius 3 is 2.56 bits per heavy atom. The van der Waals surface area contributed by atoms with Gasteiger partial charge in [0.1, 0.15) is 17.5 Å². The molecule has 1 aromatic rings. The third-order valence-electron chi connectivity index (χ3n) is 4.38. The number of hydrogen-bond donors (Lipinski definition) is 1. The average molecular weight is 393 g/mol. The molecule has 11 heteroatoms. The van der Waals surface area contributed by atoms with E-state index in [2.05, 4.69) is 4.98 Å². The van der Waals surface area contributed by atoms with Crippen LogP contribution in [0.2, 0.25) is 0 Å². The summed E-state index contributed by atoms with van der Waals surface area (Å²) >= 11 is 0. The summed E-state index contributed by atoms with van der Waals surface area (Å²) in [5.74, 6) is -5.59. The van der Waals surface area contributed by atoms with E-state index >= 15 is 0 Å². The van der Waals surface area contributed by atoms with Crippen LogP contribution in [0, 0.1) is 0 Å². The summed E-state index contributed by atoms with van der Waals surface area (Å²) in [6.07, 6.45) is -2.78. The van der Waals surface area contributed by atoms with Crippen molar-refractivity contribution in [2.24, 2.45) is 5.73 Å². The highest BCUT2D eigenvalue weighted by Gasteiger charge is 2.49. The molecule has 148 valence electrons. The first-order valence-electron chi connectivity index (χ1n) is 8.14. The number of hydrogen-bond acceptors (Lipinski definition) is 4. The van der Waals surface area contributed by atoms with E-state index < -0.39 is 49.5 Å². The summed E-state index contributed by atoms with van der Waals surface area (Å²) in [5, 5.41) is 0. The molecule has 1 aliphatic heterocycles. The first-order valence-corrected chi connectivity index (χ1v) is 8.14. The number of primary amides is 1. The van der Waals surface area contributed by atoms with Crippen molar-refractivity contribution in [2.75, 3.05) is 13.2 Å². The smallest absolute Gasteiger partial charge is 0.422 e. The molecule has 6 nitrogen and oxygen atoms in total. The maximum atomic E-state index is 13.6. The number of nitrogens with zero attached hydrogens (tertiary/aromatic N) is 2. The summed E-state index contributed by atoms with van der Waals surface area (Å²) in [7, 11) is 0. The zero-order valence-electron chi connectivity index (χ0n) is 13.9. The highest BCUT2D eigenvalue weighted by Crippen LogP contribution is 2.44. The van der Waals surface area contributed by atoms with Crippen molar-refractivity contribution < 1.29 is 36.3 Å². The first-order chi connectivity index (χ1) is 12.5.